The van der Waals surface area contributed by atoms with Crippen molar-refractivity contribution in [1.29, 1.82) is 0 Å². The predicted molar refractivity (Wildman–Crippen MR) is 94.5 cm³/mol. The van der Waals surface area contributed by atoms with Gasteiger partial charge in [-0.15, -0.1) is 0 Å². The minimum Gasteiger partial charge on any atom is -0.380 e. The molecule has 25 heavy (non-hydrogen) atoms. The van der Waals surface area contributed by atoms with E-state index in [9.17, 15) is 13.2 Å². The number of benzene rings is 2. The van der Waals surface area contributed by atoms with E-state index in [4.69, 9.17) is 9.88 Å². The molecule has 1 aliphatic rings. The Hall–Kier alpha value is -2.22. The summed E-state index contributed by atoms with van der Waals surface area (Å²) in [6.45, 7) is 3.92. The summed E-state index contributed by atoms with van der Waals surface area (Å²) in [5.74, 6) is -0.167. The lowest BCUT2D eigenvalue weighted by molar-refractivity contribution is -0.0978. The number of nitrogens with one attached hydrogen (secondary N) is 1. The number of sulfonamides is 1. The number of rotatable bonds is 5. The van der Waals surface area contributed by atoms with Crippen LogP contribution in [0.2, 0.25) is 0 Å². The first kappa shape index (κ1) is 17.6. The summed E-state index contributed by atoms with van der Waals surface area (Å²) >= 11 is 0. The maximum Gasteiger partial charge on any atom is 0.251 e. The van der Waals surface area contributed by atoms with Crippen LogP contribution < -0.4 is 10.5 Å². The Morgan fingerprint density at radius 1 is 1.16 bits per heavy atom. The summed E-state index contributed by atoms with van der Waals surface area (Å²) in [4.78, 5) is 12.3. The largest absolute Gasteiger partial charge is 0.380 e. The number of carbonyl (C=O) groups excluding carboxylic acids is 1. The highest BCUT2D eigenvalue weighted by atomic mass is 32.2. The smallest absolute Gasteiger partial charge is 0.251 e. The monoisotopic (exact) mass is 360 g/mol. The molecular formula is C18H20N2O4S. The quantitative estimate of drug-likeness (QED) is 0.849. The first-order chi connectivity index (χ1) is 11.8. The van der Waals surface area contributed by atoms with E-state index in [1.54, 1.807) is 42.5 Å². The highest BCUT2D eigenvalue weighted by Crippen LogP contribution is 2.27. The van der Waals surface area contributed by atoms with E-state index in [-0.39, 0.29) is 16.2 Å². The lowest BCUT2D eigenvalue weighted by Gasteiger charge is -2.38. The number of amides is 1. The van der Waals surface area contributed by atoms with Crippen LogP contribution in [0.1, 0.15) is 17.3 Å². The van der Waals surface area contributed by atoms with Crippen molar-refractivity contribution in [3.05, 3.63) is 54.1 Å². The second kappa shape index (κ2) is 6.59. The van der Waals surface area contributed by atoms with Crippen molar-refractivity contribution in [3.8, 4) is 11.1 Å². The molecule has 1 fully saturated rings. The van der Waals surface area contributed by atoms with Crippen LogP contribution in [0, 0.1) is 5.41 Å². The Morgan fingerprint density at radius 3 is 2.36 bits per heavy atom. The molecule has 2 aromatic rings. The molecule has 2 aromatic carbocycles. The van der Waals surface area contributed by atoms with Crippen LogP contribution in [0.3, 0.4) is 0 Å². The summed E-state index contributed by atoms with van der Waals surface area (Å²) in [5, 5.41) is 8.17. The van der Waals surface area contributed by atoms with E-state index < -0.39 is 10.0 Å². The van der Waals surface area contributed by atoms with Crippen molar-refractivity contribution in [2.24, 2.45) is 10.6 Å². The second-order valence-corrected chi connectivity index (χ2v) is 8.13. The van der Waals surface area contributed by atoms with Gasteiger partial charge in [0.15, 0.2) is 0 Å². The van der Waals surface area contributed by atoms with Crippen LogP contribution in [-0.4, -0.2) is 34.1 Å². The standard InChI is InChI=1S/C18H20N2O4S/c1-18(11-24-12-18)10-20-17(21)14-8-6-13(7-9-14)15-4-2-3-5-16(15)25(19,22)23/h2-9H,10-12H2,1H3,(H,20,21)(H2,19,22,23). The maximum atomic E-state index is 12.2. The van der Waals surface area contributed by atoms with Gasteiger partial charge in [-0.2, -0.15) is 0 Å². The number of hydrogen-bond acceptors (Lipinski definition) is 4. The normalized spacial score (nSPS) is 16.1. The lowest BCUT2D eigenvalue weighted by Crippen LogP contribution is -2.48. The zero-order valence-corrected chi connectivity index (χ0v) is 14.7. The van der Waals surface area contributed by atoms with Gasteiger partial charge in [0.05, 0.1) is 18.1 Å². The van der Waals surface area contributed by atoms with Gasteiger partial charge in [-0.05, 0) is 23.8 Å². The Labute approximate surface area is 147 Å². The molecule has 1 heterocycles. The number of carbonyl (C=O) groups is 1. The van der Waals surface area contributed by atoms with Crippen LogP contribution in [0.5, 0.6) is 0 Å². The number of hydrogen-bond donors (Lipinski definition) is 2. The highest BCUT2D eigenvalue weighted by Gasteiger charge is 2.33. The molecule has 1 aliphatic heterocycles. The van der Waals surface area contributed by atoms with Crippen LogP contribution in [0.15, 0.2) is 53.4 Å². The Morgan fingerprint density at radius 2 is 1.80 bits per heavy atom. The van der Waals surface area contributed by atoms with Gasteiger partial charge in [-0.3, -0.25) is 4.79 Å². The molecule has 0 saturated carbocycles. The number of nitrogens with two attached hydrogens (primary N) is 1. The average molecular weight is 360 g/mol. The molecule has 0 bridgehead atoms. The maximum absolute atomic E-state index is 12.2. The third-order valence-electron chi connectivity index (χ3n) is 4.23. The van der Waals surface area contributed by atoms with Gasteiger partial charge in [0.1, 0.15) is 0 Å². The molecule has 3 rings (SSSR count). The fourth-order valence-electron chi connectivity index (χ4n) is 2.70. The molecule has 0 unspecified atom stereocenters. The van der Waals surface area contributed by atoms with Crippen molar-refractivity contribution in [2.45, 2.75) is 11.8 Å². The van der Waals surface area contributed by atoms with Gasteiger partial charge in [0.25, 0.3) is 5.91 Å². The Balaban J connectivity index is 1.78. The molecule has 6 nitrogen and oxygen atoms in total. The molecule has 132 valence electrons. The fraction of sp³-hybridized carbons (Fsp3) is 0.278. The molecular weight excluding hydrogens is 340 g/mol. The molecule has 0 radical (unpaired) electrons. The second-order valence-electron chi connectivity index (χ2n) is 6.60. The highest BCUT2D eigenvalue weighted by molar-refractivity contribution is 7.89. The van der Waals surface area contributed by atoms with Gasteiger partial charge >= 0.3 is 0 Å². The van der Waals surface area contributed by atoms with Crippen molar-refractivity contribution >= 4 is 15.9 Å². The fourth-order valence-corrected chi connectivity index (χ4v) is 3.46. The van der Waals surface area contributed by atoms with E-state index in [1.165, 1.54) is 6.07 Å². The predicted octanol–water partition coefficient (Wildman–Crippen LogP) is 1.77. The van der Waals surface area contributed by atoms with E-state index >= 15 is 0 Å². The molecule has 1 amide bonds. The van der Waals surface area contributed by atoms with Crippen molar-refractivity contribution in [3.63, 3.8) is 0 Å². The molecule has 0 spiro atoms. The van der Waals surface area contributed by atoms with E-state index in [0.717, 1.165) is 0 Å². The van der Waals surface area contributed by atoms with Crippen molar-refractivity contribution in [1.82, 2.24) is 5.32 Å². The number of primary sulfonamides is 1. The van der Waals surface area contributed by atoms with Crippen molar-refractivity contribution < 1.29 is 17.9 Å². The summed E-state index contributed by atoms with van der Waals surface area (Å²) < 4.78 is 28.6. The average Bonchev–Trinajstić information content (AvgIpc) is 2.57. The zero-order valence-electron chi connectivity index (χ0n) is 13.9. The molecule has 1 saturated heterocycles. The van der Waals surface area contributed by atoms with Crippen molar-refractivity contribution in [2.75, 3.05) is 19.8 Å². The van der Waals surface area contributed by atoms with Crippen LogP contribution in [-0.2, 0) is 14.8 Å². The van der Waals surface area contributed by atoms with Crippen LogP contribution in [0.25, 0.3) is 11.1 Å². The van der Waals surface area contributed by atoms with Gasteiger partial charge in [-0.1, -0.05) is 37.3 Å². The minimum atomic E-state index is -3.82. The first-order valence-electron chi connectivity index (χ1n) is 7.87. The zero-order chi connectivity index (χ0) is 18.1. The molecule has 0 atom stereocenters. The molecule has 3 N–H and O–H groups in total. The van der Waals surface area contributed by atoms with E-state index in [2.05, 4.69) is 12.2 Å². The van der Waals surface area contributed by atoms with Gasteiger partial charge in [0, 0.05) is 23.1 Å². The number of ether oxygens (including phenoxy) is 1. The molecule has 0 aromatic heterocycles. The third-order valence-corrected chi connectivity index (χ3v) is 5.20. The molecule has 0 aliphatic carbocycles. The SMILES string of the molecule is CC1(CNC(=O)c2ccc(-c3ccccc3S(N)(=O)=O)cc2)COC1. The van der Waals surface area contributed by atoms with Gasteiger partial charge in [-0.25, -0.2) is 13.6 Å². The summed E-state index contributed by atoms with van der Waals surface area (Å²) in [7, 11) is -3.82. The minimum absolute atomic E-state index is 0.00399. The summed E-state index contributed by atoms with van der Waals surface area (Å²) in [6, 6.07) is 13.3. The van der Waals surface area contributed by atoms with E-state index in [0.29, 0.717) is 36.4 Å². The summed E-state index contributed by atoms with van der Waals surface area (Å²) in [5.41, 5.74) is 1.71. The Bertz CT molecular complexity index is 888. The first-order valence-corrected chi connectivity index (χ1v) is 9.41. The lowest BCUT2D eigenvalue weighted by atomic mass is 9.88. The summed E-state index contributed by atoms with van der Waals surface area (Å²) in [6.07, 6.45) is 0. The van der Waals surface area contributed by atoms with E-state index in [1.807, 2.05) is 0 Å². The Kier molecular flexibility index (Phi) is 4.64. The van der Waals surface area contributed by atoms with Gasteiger partial charge in [0.2, 0.25) is 10.0 Å². The van der Waals surface area contributed by atoms with Crippen LogP contribution >= 0.6 is 0 Å². The van der Waals surface area contributed by atoms with Crippen LogP contribution in [0.4, 0.5) is 0 Å². The topological polar surface area (TPSA) is 98.5 Å². The molecule has 7 heteroatoms. The third kappa shape index (κ3) is 3.89. The van der Waals surface area contributed by atoms with Gasteiger partial charge < -0.3 is 10.1 Å².